The zero-order chi connectivity index (χ0) is 16.4. The number of nitrogens with zero attached hydrogens (tertiary/aromatic N) is 1. The van der Waals surface area contributed by atoms with Crippen LogP contribution in [0.4, 0.5) is 5.82 Å². The van der Waals surface area contributed by atoms with E-state index in [1.807, 2.05) is 60.1 Å². The van der Waals surface area contributed by atoms with Gasteiger partial charge in [0.15, 0.2) is 6.04 Å². The van der Waals surface area contributed by atoms with Gasteiger partial charge in [0.25, 0.3) is 5.82 Å². The Labute approximate surface area is 143 Å². The minimum absolute atomic E-state index is 0.157. The number of rotatable bonds is 4. The maximum absolute atomic E-state index is 10.8. The summed E-state index contributed by atoms with van der Waals surface area (Å²) in [6.07, 6.45) is 3.57. The molecule has 1 unspecified atom stereocenters. The van der Waals surface area contributed by atoms with Crippen molar-refractivity contribution in [3.05, 3.63) is 82.8 Å². The summed E-state index contributed by atoms with van der Waals surface area (Å²) in [7, 11) is 0. The van der Waals surface area contributed by atoms with E-state index in [2.05, 4.69) is 21.4 Å². The molecule has 0 saturated carbocycles. The van der Waals surface area contributed by atoms with Crippen LogP contribution in [0, 0.1) is 0 Å². The third-order valence-electron chi connectivity index (χ3n) is 3.93. The average molecular weight is 334 g/mol. The van der Waals surface area contributed by atoms with Crippen LogP contribution in [-0.4, -0.2) is 10.1 Å². The van der Waals surface area contributed by atoms with Crippen LogP contribution in [0.2, 0.25) is 0 Å². The number of hydrogen-bond acceptors (Lipinski definition) is 4. The SMILES string of the molecule is Oc1c(C(Nc2cccc[nH+]2)c2cccs2)ccc2cccnc12. The standard InChI is InChI=1S/C19H15N3OS/c23-19-14(9-8-13-5-3-11-21-17(13)19)18(15-6-4-12-24-15)22-16-7-1-2-10-20-16/h1-12,18,23H,(H,20,22)/p+1. The molecule has 24 heavy (non-hydrogen) atoms. The Morgan fingerprint density at radius 3 is 2.79 bits per heavy atom. The highest BCUT2D eigenvalue weighted by Gasteiger charge is 2.24. The van der Waals surface area contributed by atoms with E-state index < -0.39 is 0 Å². The van der Waals surface area contributed by atoms with E-state index in [9.17, 15) is 5.11 Å². The number of nitrogens with one attached hydrogen (secondary N) is 2. The van der Waals surface area contributed by atoms with Gasteiger partial charge in [0, 0.05) is 23.2 Å². The number of aromatic amines is 1. The molecule has 5 heteroatoms. The van der Waals surface area contributed by atoms with E-state index in [4.69, 9.17) is 0 Å². The number of thiophene rings is 1. The molecule has 4 nitrogen and oxygen atoms in total. The third-order valence-corrected chi connectivity index (χ3v) is 4.86. The zero-order valence-corrected chi connectivity index (χ0v) is 13.6. The predicted molar refractivity (Wildman–Crippen MR) is 96.2 cm³/mol. The van der Waals surface area contributed by atoms with Gasteiger partial charge in [-0.2, -0.15) is 0 Å². The van der Waals surface area contributed by atoms with E-state index in [0.717, 1.165) is 21.6 Å². The highest BCUT2D eigenvalue weighted by atomic mass is 32.1. The van der Waals surface area contributed by atoms with Crippen molar-refractivity contribution >= 4 is 28.1 Å². The second-order valence-corrected chi connectivity index (χ2v) is 6.43. The molecule has 0 aliphatic rings. The minimum Gasteiger partial charge on any atom is -0.505 e. The van der Waals surface area contributed by atoms with Gasteiger partial charge in [-0.1, -0.05) is 24.3 Å². The fourth-order valence-electron chi connectivity index (χ4n) is 2.77. The van der Waals surface area contributed by atoms with E-state index in [1.54, 1.807) is 17.5 Å². The lowest BCUT2D eigenvalue weighted by Gasteiger charge is -2.16. The Hall–Kier alpha value is -2.92. The van der Waals surface area contributed by atoms with Gasteiger partial charge < -0.3 is 5.11 Å². The molecule has 1 aromatic carbocycles. The monoisotopic (exact) mass is 334 g/mol. The molecule has 4 rings (SSSR count). The second kappa shape index (κ2) is 6.29. The first-order valence-electron chi connectivity index (χ1n) is 7.66. The number of phenolic OH excluding ortho intramolecular Hbond substituents is 1. The molecule has 118 valence electrons. The minimum atomic E-state index is -0.157. The van der Waals surface area contributed by atoms with E-state index in [0.29, 0.717) is 5.52 Å². The molecule has 3 aromatic heterocycles. The predicted octanol–water partition coefficient (Wildman–Crippen LogP) is 4.02. The summed E-state index contributed by atoms with van der Waals surface area (Å²) in [6, 6.07) is 17.6. The number of aromatic nitrogens is 2. The number of aromatic hydroxyl groups is 1. The van der Waals surface area contributed by atoms with Gasteiger partial charge in [0.05, 0.1) is 11.1 Å². The fraction of sp³-hybridized carbons (Fsp3) is 0.0526. The molecule has 3 heterocycles. The first-order chi connectivity index (χ1) is 11.8. The second-order valence-electron chi connectivity index (χ2n) is 5.45. The molecule has 1 atom stereocenters. The van der Waals surface area contributed by atoms with Crippen molar-refractivity contribution in [1.29, 1.82) is 0 Å². The summed E-state index contributed by atoms with van der Waals surface area (Å²) >= 11 is 1.65. The lowest BCUT2D eigenvalue weighted by atomic mass is 10.0. The Balaban J connectivity index is 1.83. The number of phenols is 1. The van der Waals surface area contributed by atoms with E-state index in [-0.39, 0.29) is 11.8 Å². The molecule has 0 aliphatic heterocycles. The largest absolute Gasteiger partial charge is 0.505 e. The molecule has 0 spiro atoms. The van der Waals surface area contributed by atoms with Crippen molar-refractivity contribution in [2.45, 2.75) is 6.04 Å². The van der Waals surface area contributed by atoms with Gasteiger partial charge in [-0.25, -0.2) is 4.98 Å². The van der Waals surface area contributed by atoms with Crippen molar-refractivity contribution in [2.24, 2.45) is 0 Å². The molecule has 0 bridgehead atoms. The molecule has 0 fully saturated rings. The molecule has 0 aliphatic carbocycles. The van der Waals surface area contributed by atoms with Crippen molar-refractivity contribution in [3.63, 3.8) is 0 Å². The first kappa shape index (κ1) is 14.7. The highest BCUT2D eigenvalue weighted by molar-refractivity contribution is 7.10. The summed E-state index contributed by atoms with van der Waals surface area (Å²) in [6.45, 7) is 0. The van der Waals surface area contributed by atoms with Gasteiger partial charge >= 0.3 is 0 Å². The van der Waals surface area contributed by atoms with Crippen LogP contribution in [0.15, 0.2) is 72.4 Å². The first-order valence-corrected chi connectivity index (χ1v) is 8.54. The van der Waals surface area contributed by atoms with Crippen molar-refractivity contribution in [2.75, 3.05) is 5.32 Å². The summed E-state index contributed by atoms with van der Waals surface area (Å²) in [5, 5.41) is 17.2. The van der Waals surface area contributed by atoms with Crippen molar-refractivity contribution in [3.8, 4) is 5.75 Å². The van der Waals surface area contributed by atoms with Gasteiger partial charge in [-0.15, -0.1) is 11.3 Å². The maximum Gasteiger partial charge on any atom is 0.272 e. The molecule has 0 radical (unpaired) electrons. The number of anilines is 1. The maximum atomic E-state index is 10.8. The van der Waals surface area contributed by atoms with Gasteiger partial charge in [-0.3, -0.25) is 10.3 Å². The number of pyridine rings is 2. The van der Waals surface area contributed by atoms with Crippen molar-refractivity contribution in [1.82, 2.24) is 4.98 Å². The highest BCUT2D eigenvalue weighted by Crippen LogP contribution is 2.37. The van der Waals surface area contributed by atoms with Crippen LogP contribution in [0.3, 0.4) is 0 Å². The normalized spacial score (nSPS) is 12.2. The summed E-state index contributed by atoms with van der Waals surface area (Å²) in [5.74, 6) is 1.10. The summed E-state index contributed by atoms with van der Waals surface area (Å²) < 4.78 is 0. The third kappa shape index (κ3) is 2.70. The molecule has 0 amide bonds. The Kier molecular flexibility index (Phi) is 3.84. The Morgan fingerprint density at radius 2 is 2.00 bits per heavy atom. The Bertz CT molecular complexity index is 955. The van der Waals surface area contributed by atoms with E-state index in [1.165, 1.54) is 0 Å². The summed E-state index contributed by atoms with van der Waals surface area (Å²) in [5.41, 5.74) is 1.43. The van der Waals surface area contributed by atoms with Crippen LogP contribution in [0.1, 0.15) is 16.5 Å². The lowest BCUT2D eigenvalue weighted by molar-refractivity contribution is -0.361. The quantitative estimate of drug-likeness (QED) is 0.593. The van der Waals surface area contributed by atoms with E-state index >= 15 is 0 Å². The molecule has 4 aromatic rings. The zero-order valence-electron chi connectivity index (χ0n) is 12.8. The summed E-state index contributed by atoms with van der Waals surface area (Å²) in [4.78, 5) is 8.64. The molecule has 3 N–H and O–H groups in total. The molecular formula is C19H16N3OS+. The number of fused-ring (bicyclic) bond motifs is 1. The number of hydrogen-bond donors (Lipinski definition) is 2. The average Bonchev–Trinajstić information content (AvgIpc) is 3.16. The number of benzene rings is 1. The van der Waals surface area contributed by atoms with Crippen LogP contribution in [0.5, 0.6) is 5.75 Å². The Morgan fingerprint density at radius 1 is 1.04 bits per heavy atom. The van der Waals surface area contributed by atoms with Crippen LogP contribution in [-0.2, 0) is 0 Å². The smallest absolute Gasteiger partial charge is 0.272 e. The molecular weight excluding hydrogens is 318 g/mol. The topological polar surface area (TPSA) is 59.3 Å². The van der Waals surface area contributed by atoms with Gasteiger partial charge in [-0.05, 0) is 29.6 Å². The van der Waals surface area contributed by atoms with Crippen LogP contribution < -0.4 is 10.3 Å². The van der Waals surface area contributed by atoms with Crippen LogP contribution in [0.25, 0.3) is 10.9 Å². The van der Waals surface area contributed by atoms with Gasteiger partial charge in [0.2, 0.25) is 0 Å². The van der Waals surface area contributed by atoms with Gasteiger partial charge in [0.1, 0.15) is 11.3 Å². The fourth-order valence-corrected chi connectivity index (χ4v) is 3.57. The number of H-pyrrole nitrogens is 1. The van der Waals surface area contributed by atoms with Crippen LogP contribution >= 0.6 is 11.3 Å². The van der Waals surface area contributed by atoms with Crippen molar-refractivity contribution < 1.29 is 10.1 Å². The molecule has 0 saturated heterocycles. The lowest BCUT2D eigenvalue weighted by Crippen LogP contribution is -2.18.